The molecule has 1 aromatic rings. The highest BCUT2D eigenvalue weighted by Gasteiger charge is 2.14. The van der Waals surface area contributed by atoms with Crippen LogP contribution in [0.25, 0.3) is 0 Å². The second-order valence-corrected chi connectivity index (χ2v) is 5.53. The van der Waals surface area contributed by atoms with Gasteiger partial charge in [0.15, 0.2) is 4.34 Å². The lowest BCUT2D eigenvalue weighted by atomic mass is 10.2. The fourth-order valence-electron chi connectivity index (χ4n) is 1.44. The Morgan fingerprint density at radius 2 is 2.54 bits per heavy atom. The largest absolute Gasteiger partial charge is 0.316 e. The Morgan fingerprint density at radius 1 is 1.54 bits per heavy atom. The number of aromatic nitrogens is 2. The van der Waals surface area contributed by atoms with Crippen LogP contribution in [0, 0.1) is 0 Å². The summed E-state index contributed by atoms with van der Waals surface area (Å²) in [6.07, 6.45) is 3.95. The molecule has 0 aliphatic carbocycles. The number of thioether (sulfide) groups is 1. The number of hydrogen-bond acceptors (Lipinski definition) is 5. The SMILES string of the molecule is c1nnc(SC2CCCCNC2)s1. The van der Waals surface area contributed by atoms with Crippen molar-refractivity contribution in [2.24, 2.45) is 0 Å². The molecule has 1 aromatic heterocycles. The van der Waals surface area contributed by atoms with Gasteiger partial charge in [-0.2, -0.15) is 0 Å². The first kappa shape index (κ1) is 9.43. The van der Waals surface area contributed by atoms with Crippen molar-refractivity contribution in [3.63, 3.8) is 0 Å². The maximum atomic E-state index is 4.04. The first-order valence-corrected chi connectivity index (χ1v) is 6.34. The highest BCUT2D eigenvalue weighted by molar-refractivity contribution is 8.01. The van der Waals surface area contributed by atoms with E-state index in [0.29, 0.717) is 5.25 Å². The Hall–Kier alpha value is -0.130. The van der Waals surface area contributed by atoms with E-state index in [0.717, 1.165) is 10.9 Å². The summed E-state index contributed by atoms with van der Waals surface area (Å²) < 4.78 is 1.11. The molecule has 3 nitrogen and oxygen atoms in total. The highest BCUT2D eigenvalue weighted by atomic mass is 32.2. The molecule has 0 amide bonds. The van der Waals surface area contributed by atoms with Crippen LogP contribution in [-0.4, -0.2) is 28.5 Å². The average Bonchev–Trinajstić information content (AvgIpc) is 2.49. The molecule has 1 aliphatic rings. The van der Waals surface area contributed by atoms with Gasteiger partial charge in [0.05, 0.1) is 0 Å². The summed E-state index contributed by atoms with van der Waals surface area (Å²) in [6, 6.07) is 0. The second kappa shape index (κ2) is 4.93. The van der Waals surface area contributed by atoms with E-state index in [1.807, 2.05) is 11.8 Å². The molecule has 1 N–H and O–H groups in total. The number of nitrogens with zero attached hydrogens (tertiary/aromatic N) is 2. The minimum absolute atomic E-state index is 0.690. The van der Waals surface area contributed by atoms with Gasteiger partial charge in [-0.05, 0) is 19.4 Å². The summed E-state index contributed by atoms with van der Waals surface area (Å²) >= 11 is 3.50. The standard InChI is InChI=1S/C8H13N3S2/c1-2-4-9-5-7(3-1)13-8-11-10-6-12-8/h6-7,9H,1-5H2. The molecule has 0 spiro atoms. The maximum absolute atomic E-state index is 4.04. The smallest absolute Gasteiger partial charge is 0.174 e. The molecule has 1 saturated heterocycles. The van der Waals surface area contributed by atoms with Crippen LogP contribution in [0.2, 0.25) is 0 Å². The molecule has 1 fully saturated rings. The van der Waals surface area contributed by atoms with Crippen molar-refractivity contribution in [2.45, 2.75) is 28.9 Å². The van der Waals surface area contributed by atoms with Crippen LogP contribution < -0.4 is 5.32 Å². The molecule has 13 heavy (non-hydrogen) atoms. The summed E-state index contributed by atoms with van der Waals surface area (Å²) in [6.45, 7) is 2.29. The first-order valence-electron chi connectivity index (χ1n) is 4.59. The lowest BCUT2D eigenvalue weighted by Crippen LogP contribution is -2.22. The van der Waals surface area contributed by atoms with E-state index in [1.165, 1.54) is 25.8 Å². The van der Waals surface area contributed by atoms with Crippen molar-refractivity contribution in [3.8, 4) is 0 Å². The van der Waals surface area contributed by atoms with Gasteiger partial charge in [-0.15, -0.1) is 10.2 Å². The zero-order chi connectivity index (χ0) is 8.93. The Labute approximate surface area is 86.3 Å². The summed E-state index contributed by atoms with van der Waals surface area (Å²) in [5, 5.41) is 12.0. The van der Waals surface area contributed by atoms with Crippen molar-refractivity contribution in [1.29, 1.82) is 0 Å². The van der Waals surface area contributed by atoms with E-state index < -0.39 is 0 Å². The van der Waals surface area contributed by atoms with Crippen LogP contribution in [0.5, 0.6) is 0 Å². The van der Waals surface area contributed by atoms with E-state index in [1.54, 1.807) is 16.8 Å². The van der Waals surface area contributed by atoms with Crippen molar-refractivity contribution in [2.75, 3.05) is 13.1 Å². The molecule has 0 saturated carbocycles. The van der Waals surface area contributed by atoms with Crippen LogP contribution in [0.15, 0.2) is 9.85 Å². The maximum Gasteiger partial charge on any atom is 0.174 e. The van der Waals surface area contributed by atoms with Gasteiger partial charge >= 0.3 is 0 Å². The summed E-state index contributed by atoms with van der Waals surface area (Å²) in [7, 11) is 0. The van der Waals surface area contributed by atoms with Crippen molar-refractivity contribution >= 4 is 23.1 Å². The van der Waals surface area contributed by atoms with Gasteiger partial charge in [0.2, 0.25) is 0 Å². The number of nitrogens with one attached hydrogen (secondary N) is 1. The Morgan fingerprint density at radius 3 is 3.38 bits per heavy atom. The molecule has 5 heteroatoms. The highest BCUT2D eigenvalue weighted by Crippen LogP contribution is 2.27. The van der Waals surface area contributed by atoms with Gasteiger partial charge in [0.25, 0.3) is 0 Å². The minimum Gasteiger partial charge on any atom is -0.316 e. The van der Waals surface area contributed by atoms with Crippen LogP contribution in [0.3, 0.4) is 0 Å². The minimum atomic E-state index is 0.690. The van der Waals surface area contributed by atoms with Gasteiger partial charge < -0.3 is 5.32 Å². The summed E-state index contributed by atoms with van der Waals surface area (Å²) in [4.78, 5) is 0. The fourth-order valence-corrected chi connectivity index (χ4v) is 3.35. The summed E-state index contributed by atoms with van der Waals surface area (Å²) in [5.74, 6) is 0. The predicted molar refractivity (Wildman–Crippen MR) is 56.3 cm³/mol. The zero-order valence-corrected chi connectivity index (χ0v) is 9.03. The van der Waals surface area contributed by atoms with E-state index in [4.69, 9.17) is 0 Å². The monoisotopic (exact) mass is 215 g/mol. The topological polar surface area (TPSA) is 37.8 Å². The Balaban J connectivity index is 1.86. The van der Waals surface area contributed by atoms with Gasteiger partial charge in [-0.1, -0.05) is 29.5 Å². The van der Waals surface area contributed by atoms with E-state index in [2.05, 4.69) is 15.5 Å². The molecule has 0 radical (unpaired) electrons. The third-order valence-corrected chi connectivity index (χ3v) is 4.19. The molecule has 72 valence electrons. The second-order valence-electron chi connectivity index (χ2n) is 3.14. The normalized spacial score (nSPS) is 24.2. The number of rotatable bonds is 2. The Bertz CT molecular complexity index is 230. The molecule has 1 atom stereocenters. The molecule has 1 unspecified atom stereocenters. The molecular formula is C8H13N3S2. The lowest BCUT2D eigenvalue weighted by Gasteiger charge is -2.10. The van der Waals surface area contributed by atoms with Gasteiger partial charge in [-0.3, -0.25) is 0 Å². The van der Waals surface area contributed by atoms with Gasteiger partial charge in [0.1, 0.15) is 5.51 Å². The van der Waals surface area contributed by atoms with Crippen molar-refractivity contribution in [3.05, 3.63) is 5.51 Å². The van der Waals surface area contributed by atoms with Gasteiger partial charge in [-0.25, -0.2) is 0 Å². The quantitative estimate of drug-likeness (QED) is 0.816. The Kier molecular flexibility index (Phi) is 3.57. The predicted octanol–water partition coefficient (Wildman–Crippen LogP) is 1.77. The fraction of sp³-hybridized carbons (Fsp3) is 0.750. The molecule has 0 bridgehead atoms. The van der Waals surface area contributed by atoms with Crippen molar-refractivity contribution < 1.29 is 0 Å². The van der Waals surface area contributed by atoms with Crippen LogP contribution >= 0.6 is 23.1 Å². The van der Waals surface area contributed by atoms with E-state index in [-0.39, 0.29) is 0 Å². The third-order valence-electron chi connectivity index (χ3n) is 2.11. The third kappa shape index (κ3) is 2.93. The summed E-state index contributed by atoms with van der Waals surface area (Å²) in [5.41, 5.74) is 1.80. The van der Waals surface area contributed by atoms with E-state index >= 15 is 0 Å². The molecule has 1 aliphatic heterocycles. The van der Waals surface area contributed by atoms with Crippen molar-refractivity contribution in [1.82, 2.24) is 15.5 Å². The average molecular weight is 215 g/mol. The van der Waals surface area contributed by atoms with Crippen LogP contribution in [0.4, 0.5) is 0 Å². The van der Waals surface area contributed by atoms with Crippen LogP contribution in [-0.2, 0) is 0 Å². The van der Waals surface area contributed by atoms with Crippen LogP contribution in [0.1, 0.15) is 19.3 Å². The zero-order valence-electron chi connectivity index (χ0n) is 7.40. The van der Waals surface area contributed by atoms with E-state index in [9.17, 15) is 0 Å². The molecule has 2 heterocycles. The molecule has 2 rings (SSSR count). The number of hydrogen-bond donors (Lipinski definition) is 1. The molecule has 0 aromatic carbocycles. The molecular weight excluding hydrogens is 202 g/mol. The lowest BCUT2D eigenvalue weighted by molar-refractivity contribution is 0.706. The first-order chi connectivity index (χ1) is 6.45. The van der Waals surface area contributed by atoms with Gasteiger partial charge in [0, 0.05) is 11.8 Å².